The Morgan fingerprint density at radius 2 is 1.71 bits per heavy atom. The molecule has 4 N–H and O–H groups in total. The summed E-state index contributed by atoms with van der Waals surface area (Å²) in [5.41, 5.74) is 2.05. The summed E-state index contributed by atoms with van der Waals surface area (Å²) in [6, 6.07) is 7.41. The van der Waals surface area contributed by atoms with Crippen molar-refractivity contribution in [1.82, 2.24) is 20.2 Å². The van der Waals surface area contributed by atoms with Crippen molar-refractivity contribution in [2.45, 2.75) is 56.5 Å². The smallest absolute Gasteiger partial charge is 0.480 e. The van der Waals surface area contributed by atoms with Gasteiger partial charge in [0, 0.05) is 6.04 Å². The Hall–Kier alpha value is -3.15. The van der Waals surface area contributed by atoms with Crippen LogP contribution in [0.25, 0.3) is 11.0 Å². The summed E-state index contributed by atoms with van der Waals surface area (Å²) in [7, 11) is 0. The van der Waals surface area contributed by atoms with E-state index in [0.717, 1.165) is 29.7 Å². The first-order valence-corrected chi connectivity index (χ1v) is 9.60. The van der Waals surface area contributed by atoms with Crippen LogP contribution in [-0.2, 0) is 20.9 Å². The summed E-state index contributed by atoms with van der Waals surface area (Å²) in [5, 5.41) is 21.9. The lowest BCUT2D eigenvalue weighted by molar-refractivity contribution is -0.192. The molecule has 1 saturated heterocycles. The molecule has 2 aromatic rings. The minimum absolute atomic E-state index is 0.159. The second kappa shape index (κ2) is 8.92. The number of carbonyl (C=O) groups excluding carboxylic acids is 1. The number of para-hydroxylation sites is 2. The Morgan fingerprint density at radius 1 is 1.10 bits per heavy atom. The first kappa shape index (κ1) is 22.5. The van der Waals surface area contributed by atoms with Crippen LogP contribution in [0.3, 0.4) is 0 Å². The van der Waals surface area contributed by atoms with E-state index in [4.69, 9.17) is 15.0 Å². The van der Waals surface area contributed by atoms with Crippen molar-refractivity contribution in [3.8, 4) is 0 Å². The van der Waals surface area contributed by atoms with Crippen molar-refractivity contribution in [2.24, 2.45) is 0 Å². The zero-order chi connectivity index (χ0) is 22.8. The number of rotatable bonds is 5. The van der Waals surface area contributed by atoms with Crippen LogP contribution in [0.1, 0.15) is 37.5 Å². The Morgan fingerprint density at radius 3 is 2.26 bits per heavy atom. The fourth-order valence-electron chi connectivity index (χ4n) is 3.39. The van der Waals surface area contributed by atoms with Gasteiger partial charge in [0.25, 0.3) is 0 Å². The highest BCUT2D eigenvalue weighted by atomic mass is 19.4. The molecule has 0 unspecified atom stereocenters. The summed E-state index contributed by atoms with van der Waals surface area (Å²) < 4.78 is 34.0. The van der Waals surface area contributed by atoms with Crippen LogP contribution >= 0.6 is 0 Å². The van der Waals surface area contributed by atoms with Crippen LogP contribution in [0.2, 0.25) is 0 Å². The lowest BCUT2D eigenvalue weighted by Gasteiger charge is -2.13. The van der Waals surface area contributed by atoms with Gasteiger partial charge in [-0.15, -0.1) is 0 Å². The quantitative estimate of drug-likeness (QED) is 0.555. The largest absolute Gasteiger partial charge is 0.490 e. The number of nitrogens with one attached hydrogen (secondary N) is 2. The zero-order valence-electron chi connectivity index (χ0n) is 16.2. The van der Waals surface area contributed by atoms with E-state index < -0.39 is 30.2 Å². The molecule has 2 fully saturated rings. The van der Waals surface area contributed by atoms with Gasteiger partial charge in [-0.3, -0.25) is 14.9 Å². The molecule has 1 amide bonds. The summed E-state index contributed by atoms with van der Waals surface area (Å²) in [5.74, 6) is -2.96. The predicted molar refractivity (Wildman–Crippen MR) is 101 cm³/mol. The Kier molecular flexibility index (Phi) is 6.48. The van der Waals surface area contributed by atoms with Crippen molar-refractivity contribution >= 4 is 28.9 Å². The van der Waals surface area contributed by atoms with Crippen LogP contribution in [0.5, 0.6) is 0 Å². The minimum Gasteiger partial charge on any atom is -0.480 e. The Balaban J connectivity index is 0.000000339. The lowest BCUT2D eigenvalue weighted by atomic mass is 10.2. The van der Waals surface area contributed by atoms with Gasteiger partial charge in [0.1, 0.15) is 11.9 Å². The third-order valence-corrected chi connectivity index (χ3v) is 5.01. The third-order valence-electron chi connectivity index (χ3n) is 5.01. The summed E-state index contributed by atoms with van der Waals surface area (Å²) in [6.45, 7) is 0.361. The van der Waals surface area contributed by atoms with Gasteiger partial charge in [0.15, 0.2) is 0 Å². The molecule has 1 aromatic heterocycles. The number of aliphatic carboxylic acids is 2. The van der Waals surface area contributed by atoms with Gasteiger partial charge in [-0.05, 0) is 37.8 Å². The number of carbonyl (C=O) groups is 3. The van der Waals surface area contributed by atoms with Gasteiger partial charge in [-0.25, -0.2) is 9.78 Å². The molecule has 2 atom stereocenters. The number of alkyl halides is 3. The van der Waals surface area contributed by atoms with E-state index in [1.54, 1.807) is 0 Å². The topological polar surface area (TPSA) is 134 Å². The highest BCUT2D eigenvalue weighted by Gasteiger charge is 2.38. The maximum absolute atomic E-state index is 12.3. The molecule has 1 aliphatic carbocycles. The molecule has 12 heteroatoms. The maximum atomic E-state index is 12.3. The van der Waals surface area contributed by atoms with Crippen molar-refractivity contribution in [3.05, 3.63) is 30.1 Å². The SMILES string of the molecule is O=C(O)C(F)(F)F.O=C(O)[C@@H]1CC[C@H](C(=O)NCc2nc3ccccc3n2C2CC2)N1. The fourth-order valence-corrected chi connectivity index (χ4v) is 3.39. The van der Waals surface area contributed by atoms with E-state index in [1.807, 2.05) is 18.2 Å². The summed E-state index contributed by atoms with van der Waals surface area (Å²) >= 11 is 0. The number of nitrogens with zero attached hydrogens (tertiary/aromatic N) is 2. The number of hydrogen-bond acceptors (Lipinski definition) is 5. The molecule has 168 valence electrons. The molecule has 9 nitrogen and oxygen atoms in total. The number of hydrogen-bond donors (Lipinski definition) is 4. The maximum Gasteiger partial charge on any atom is 0.490 e. The van der Waals surface area contributed by atoms with Crippen LogP contribution in [0.15, 0.2) is 24.3 Å². The normalized spacial score (nSPS) is 20.7. The van der Waals surface area contributed by atoms with E-state index in [1.165, 1.54) is 0 Å². The van der Waals surface area contributed by atoms with Gasteiger partial charge in [0.2, 0.25) is 5.91 Å². The molecule has 4 rings (SSSR count). The van der Waals surface area contributed by atoms with Crippen molar-refractivity contribution in [3.63, 3.8) is 0 Å². The molecule has 1 aliphatic heterocycles. The second-order valence-electron chi connectivity index (χ2n) is 7.33. The highest BCUT2D eigenvalue weighted by Crippen LogP contribution is 2.38. The van der Waals surface area contributed by atoms with Crippen LogP contribution in [0, 0.1) is 0 Å². The average molecular weight is 442 g/mol. The Bertz CT molecular complexity index is 987. The minimum atomic E-state index is -5.08. The van der Waals surface area contributed by atoms with Gasteiger partial charge in [0.05, 0.1) is 23.6 Å². The standard InChI is InChI=1S/C17H20N4O3.C2HF3O2/c22-16(12-7-8-13(19-12)17(23)24)18-9-15-20-11-3-1-2-4-14(11)21(15)10-5-6-10;3-2(4,5)1(6)7/h1-4,10,12-13,19H,5-9H2,(H,18,22)(H,23,24);(H,6,7)/t12-,13+;/m1./s1. The van der Waals surface area contributed by atoms with E-state index in [2.05, 4.69) is 26.3 Å². The van der Waals surface area contributed by atoms with Gasteiger partial charge >= 0.3 is 18.1 Å². The molecule has 0 bridgehead atoms. The average Bonchev–Trinajstić information content (AvgIpc) is 3.28. The van der Waals surface area contributed by atoms with Crippen LogP contribution < -0.4 is 10.6 Å². The number of amides is 1. The lowest BCUT2D eigenvalue weighted by Crippen LogP contribution is -2.44. The summed E-state index contributed by atoms with van der Waals surface area (Å²) in [6.07, 6.45) is -1.77. The molecular weight excluding hydrogens is 421 g/mol. The fraction of sp³-hybridized carbons (Fsp3) is 0.474. The number of fused-ring (bicyclic) bond motifs is 1. The van der Waals surface area contributed by atoms with E-state index in [0.29, 0.717) is 25.4 Å². The number of imidazole rings is 1. The molecule has 2 aliphatic rings. The van der Waals surface area contributed by atoms with Gasteiger partial charge < -0.3 is 20.1 Å². The summed E-state index contributed by atoms with van der Waals surface area (Å²) in [4.78, 5) is 36.8. The number of carboxylic acids is 2. The van der Waals surface area contributed by atoms with Crippen LogP contribution in [-0.4, -0.2) is 55.9 Å². The molecule has 1 aromatic carbocycles. The van der Waals surface area contributed by atoms with Crippen molar-refractivity contribution < 1.29 is 37.8 Å². The zero-order valence-corrected chi connectivity index (χ0v) is 16.2. The molecular formula is C19H21F3N4O5. The van der Waals surface area contributed by atoms with Crippen LogP contribution in [0.4, 0.5) is 13.2 Å². The number of benzene rings is 1. The first-order valence-electron chi connectivity index (χ1n) is 9.60. The molecule has 0 spiro atoms. The molecule has 2 heterocycles. The third kappa shape index (κ3) is 5.51. The Labute approximate surface area is 174 Å². The van der Waals surface area contributed by atoms with E-state index in [-0.39, 0.29) is 5.91 Å². The second-order valence-corrected chi connectivity index (χ2v) is 7.33. The molecule has 0 radical (unpaired) electrons. The number of halogens is 3. The number of carboxylic acid groups (broad SMARTS) is 2. The van der Waals surface area contributed by atoms with Crippen molar-refractivity contribution in [2.75, 3.05) is 0 Å². The van der Waals surface area contributed by atoms with Gasteiger partial charge in [-0.1, -0.05) is 12.1 Å². The predicted octanol–water partition coefficient (Wildman–Crippen LogP) is 1.83. The molecule has 31 heavy (non-hydrogen) atoms. The molecule has 1 saturated carbocycles. The first-order chi connectivity index (χ1) is 14.6. The monoisotopic (exact) mass is 442 g/mol. The van der Waals surface area contributed by atoms with Crippen molar-refractivity contribution in [1.29, 1.82) is 0 Å². The van der Waals surface area contributed by atoms with Gasteiger partial charge in [-0.2, -0.15) is 13.2 Å². The number of aromatic nitrogens is 2. The highest BCUT2D eigenvalue weighted by molar-refractivity contribution is 5.84. The van der Waals surface area contributed by atoms with E-state index in [9.17, 15) is 22.8 Å². The van der Waals surface area contributed by atoms with E-state index >= 15 is 0 Å².